The lowest BCUT2D eigenvalue weighted by Crippen LogP contribution is -1.99. The average Bonchev–Trinajstić information content (AvgIpc) is 3.13. The highest BCUT2D eigenvalue weighted by Crippen LogP contribution is 2.31. The zero-order valence-corrected chi connectivity index (χ0v) is 14.4. The highest BCUT2D eigenvalue weighted by atomic mass is 19.2. The summed E-state index contributed by atoms with van der Waals surface area (Å²) in [5, 5.41) is 9.06. The third kappa shape index (κ3) is 3.42. The van der Waals surface area contributed by atoms with E-state index in [0.717, 1.165) is 11.6 Å². The molecule has 0 amide bonds. The molecular formula is C21H13F2NO4. The second kappa shape index (κ2) is 7.11. The van der Waals surface area contributed by atoms with Gasteiger partial charge in [0.2, 0.25) is 11.7 Å². The van der Waals surface area contributed by atoms with Gasteiger partial charge < -0.3 is 14.3 Å². The molecule has 0 fully saturated rings. The number of aromatic nitrogens is 1. The zero-order chi connectivity index (χ0) is 19.7. The topological polar surface area (TPSA) is 72.6 Å². The van der Waals surface area contributed by atoms with E-state index >= 15 is 0 Å². The first-order valence-corrected chi connectivity index (χ1v) is 8.31. The number of rotatable bonds is 5. The normalized spacial score (nSPS) is 10.9. The van der Waals surface area contributed by atoms with Crippen molar-refractivity contribution in [3.63, 3.8) is 0 Å². The highest BCUT2D eigenvalue weighted by Gasteiger charge is 2.17. The first-order chi connectivity index (χ1) is 13.5. The number of carboxylic acids is 1. The first kappa shape index (κ1) is 17.7. The molecule has 1 heterocycles. The Morgan fingerprint density at radius 1 is 1.07 bits per heavy atom. The molecule has 0 atom stereocenters. The second-order valence-corrected chi connectivity index (χ2v) is 6.05. The zero-order valence-electron chi connectivity index (χ0n) is 14.4. The number of halogens is 2. The molecule has 7 heteroatoms. The van der Waals surface area contributed by atoms with Gasteiger partial charge in [0.1, 0.15) is 12.1 Å². The number of hydrogen-bond donors (Lipinski definition) is 1. The fourth-order valence-electron chi connectivity index (χ4n) is 2.71. The number of carboxylic acid groups (broad SMARTS) is 1. The van der Waals surface area contributed by atoms with Crippen LogP contribution in [0, 0.1) is 11.6 Å². The lowest BCUT2D eigenvalue weighted by atomic mass is 10.2. The molecule has 0 aliphatic carbocycles. The molecular weight excluding hydrogens is 368 g/mol. The van der Waals surface area contributed by atoms with Crippen LogP contribution in [0.4, 0.5) is 8.78 Å². The molecule has 1 aromatic heterocycles. The Balaban J connectivity index is 1.68. The summed E-state index contributed by atoms with van der Waals surface area (Å²) in [4.78, 5) is 15.3. The molecule has 0 saturated carbocycles. The molecule has 0 unspecified atom stereocenters. The maximum absolute atomic E-state index is 14.1. The van der Waals surface area contributed by atoms with Crippen molar-refractivity contribution in [3.05, 3.63) is 83.4 Å². The lowest BCUT2D eigenvalue weighted by Gasteiger charge is -2.09. The molecule has 0 bridgehead atoms. The van der Waals surface area contributed by atoms with Crippen LogP contribution in [0.25, 0.3) is 22.6 Å². The molecule has 0 aliphatic heterocycles. The van der Waals surface area contributed by atoms with Crippen LogP contribution in [0.3, 0.4) is 0 Å². The van der Waals surface area contributed by atoms with E-state index in [4.69, 9.17) is 14.3 Å². The minimum atomic E-state index is -1.11. The monoisotopic (exact) mass is 381 g/mol. The summed E-state index contributed by atoms with van der Waals surface area (Å²) in [7, 11) is 0. The molecule has 0 radical (unpaired) electrons. The van der Waals surface area contributed by atoms with Gasteiger partial charge >= 0.3 is 5.97 Å². The first-order valence-electron chi connectivity index (χ1n) is 8.31. The fourth-order valence-corrected chi connectivity index (χ4v) is 2.71. The molecule has 0 saturated heterocycles. The van der Waals surface area contributed by atoms with Gasteiger partial charge in [-0.25, -0.2) is 14.2 Å². The van der Waals surface area contributed by atoms with Gasteiger partial charge in [-0.1, -0.05) is 30.3 Å². The van der Waals surface area contributed by atoms with Crippen molar-refractivity contribution in [3.8, 4) is 17.2 Å². The van der Waals surface area contributed by atoms with E-state index in [9.17, 15) is 13.6 Å². The Kier molecular flexibility index (Phi) is 4.49. The summed E-state index contributed by atoms with van der Waals surface area (Å²) in [5.74, 6) is -3.55. The van der Waals surface area contributed by atoms with Crippen LogP contribution in [0.5, 0.6) is 5.75 Å². The quantitative estimate of drug-likeness (QED) is 0.524. The van der Waals surface area contributed by atoms with E-state index in [0.29, 0.717) is 11.1 Å². The van der Waals surface area contributed by atoms with E-state index in [-0.39, 0.29) is 29.4 Å². The fraction of sp³-hybridized carbons (Fsp3) is 0.0476. The van der Waals surface area contributed by atoms with Crippen molar-refractivity contribution in [2.24, 2.45) is 0 Å². The van der Waals surface area contributed by atoms with E-state index < -0.39 is 17.6 Å². The van der Waals surface area contributed by atoms with Gasteiger partial charge in [-0.3, -0.25) is 0 Å². The molecule has 0 spiro atoms. The third-order valence-corrected chi connectivity index (χ3v) is 4.11. The Labute approximate surface area is 157 Å². The van der Waals surface area contributed by atoms with Crippen molar-refractivity contribution in [2.45, 2.75) is 6.61 Å². The number of nitrogens with zero attached hydrogens (tertiary/aromatic N) is 1. The summed E-state index contributed by atoms with van der Waals surface area (Å²) in [5.41, 5.74) is 1.65. The molecule has 1 N–H and O–H groups in total. The average molecular weight is 381 g/mol. The largest absolute Gasteiger partial charge is 0.486 e. The van der Waals surface area contributed by atoms with Crippen LogP contribution in [0.2, 0.25) is 0 Å². The Morgan fingerprint density at radius 2 is 1.86 bits per heavy atom. The number of oxazole rings is 1. The van der Waals surface area contributed by atoms with Gasteiger partial charge in [-0.05, 0) is 35.9 Å². The van der Waals surface area contributed by atoms with Crippen molar-refractivity contribution >= 4 is 17.1 Å². The smallest absolute Gasteiger partial charge is 0.335 e. The van der Waals surface area contributed by atoms with E-state index in [2.05, 4.69) is 4.98 Å². The Morgan fingerprint density at radius 3 is 2.61 bits per heavy atom. The van der Waals surface area contributed by atoms with Crippen molar-refractivity contribution in [2.75, 3.05) is 0 Å². The molecule has 4 rings (SSSR count). The Hall–Kier alpha value is -3.74. The number of hydrogen-bond acceptors (Lipinski definition) is 4. The number of carbonyl (C=O) groups is 1. The van der Waals surface area contributed by atoms with Crippen molar-refractivity contribution in [1.82, 2.24) is 4.98 Å². The summed E-state index contributed by atoms with van der Waals surface area (Å²) >= 11 is 0. The Bertz CT molecular complexity index is 1170. The summed E-state index contributed by atoms with van der Waals surface area (Å²) in [6, 6.07) is 15.5. The number of benzene rings is 3. The number of aromatic carboxylic acids is 1. The highest BCUT2D eigenvalue weighted by molar-refractivity contribution is 5.92. The van der Waals surface area contributed by atoms with Gasteiger partial charge in [-0.2, -0.15) is 4.39 Å². The van der Waals surface area contributed by atoms with Gasteiger partial charge in [0.05, 0.1) is 5.56 Å². The van der Waals surface area contributed by atoms with E-state index in [1.54, 1.807) is 12.1 Å². The number of ether oxygens (including phenoxy) is 1. The minimum Gasteiger partial charge on any atom is -0.486 e. The molecule has 28 heavy (non-hydrogen) atoms. The van der Waals surface area contributed by atoms with Gasteiger partial charge in [0, 0.05) is 5.56 Å². The number of fused-ring (bicyclic) bond motifs is 1. The summed E-state index contributed by atoms with van der Waals surface area (Å²) in [6.07, 6.45) is 0. The maximum Gasteiger partial charge on any atom is 0.335 e. The standard InChI is InChI=1S/C21H13F2NO4/c22-15-8-14(10-18(19(15)23)27-11-12-4-2-1-3-5-12)20-24-16-9-13(21(25)26)6-7-17(16)28-20/h1-10H,11H2,(H,25,26). The molecule has 4 aromatic rings. The predicted octanol–water partition coefficient (Wildman–Crippen LogP) is 5.05. The van der Waals surface area contributed by atoms with Crippen LogP contribution in [-0.4, -0.2) is 16.1 Å². The maximum atomic E-state index is 14.1. The van der Waals surface area contributed by atoms with Crippen LogP contribution in [0.15, 0.2) is 65.1 Å². The van der Waals surface area contributed by atoms with Crippen molar-refractivity contribution < 1.29 is 27.8 Å². The second-order valence-electron chi connectivity index (χ2n) is 6.05. The minimum absolute atomic E-state index is 0.0287. The molecule has 140 valence electrons. The molecule has 3 aromatic carbocycles. The van der Waals surface area contributed by atoms with Crippen LogP contribution >= 0.6 is 0 Å². The van der Waals surface area contributed by atoms with Gasteiger partial charge in [0.25, 0.3) is 0 Å². The van der Waals surface area contributed by atoms with Crippen LogP contribution in [-0.2, 0) is 6.61 Å². The molecule has 0 aliphatic rings. The van der Waals surface area contributed by atoms with Crippen LogP contribution in [0.1, 0.15) is 15.9 Å². The lowest BCUT2D eigenvalue weighted by molar-refractivity contribution is 0.0697. The SMILES string of the molecule is O=C(O)c1ccc2oc(-c3cc(F)c(F)c(OCc4ccccc4)c3)nc2c1. The van der Waals surface area contributed by atoms with E-state index in [1.807, 2.05) is 18.2 Å². The van der Waals surface area contributed by atoms with Crippen LogP contribution < -0.4 is 4.74 Å². The predicted molar refractivity (Wildman–Crippen MR) is 97.1 cm³/mol. The van der Waals surface area contributed by atoms with Gasteiger partial charge in [0.15, 0.2) is 17.1 Å². The van der Waals surface area contributed by atoms with E-state index in [1.165, 1.54) is 24.3 Å². The summed E-state index contributed by atoms with van der Waals surface area (Å²) in [6.45, 7) is 0.0657. The van der Waals surface area contributed by atoms with Gasteiger partial charge in [-0.15, -0.1) is 0 Å². The third-order valence-electron chi connectivity index (χ3n) is 4.11. The molecule has 5 nitrogen and oxygen atoms in total. The van der Waals surface area contributed by atoms with Crippen molar-refractivity contribution in [1.29, 1.82) is 0 Å². The summed E-state index contributed by atoms with van der Waals surface area (Å²) < 4.78 is 39.2.